The normalized spacial score (nSPS) is 21.4. The number of carbonyl (C=O) groups is 2. The molecule has 0 radical (unpaired) electrons. The molecule has 1 aliphatic rings. The predicted octanol–water partition coefficient (Wildman–Crippen LogP) is -1.12. The van der Waals surface area contributed by atoms with E-state index < -0.39 is 27.9 Å². The fourth-order valence-corrected chi connectivity index (χ4v) is 2.69. The Kier molecular flexibility index (Phi) is 5.75. The molecule has 116 valence electrons. The average molecular weight is 307 g/mol. The van der Waals surface area contributed by atoms with Crippen molar-refractivity contribution in [3.05, 3.63) is 0 Å². The monoisotopic (exact) mass is 307 g/mol. The lowest BCUT2D eigenvalue weighted by atomic mass is 10.2. The zero-order valence-corrected chi connectivity index (χ0v) is 12.4. The summed E-state index contributed by atoms with van der Waals surface area (Å²) in [6.45, 7) is 1.59. The van der Waals surface area contributed by atoms with Gasteiger partial charge in [0, 0.05) is 18.8 Å². The third-order valence-electron chi connectivity index (χ3n) is 3.11. The fraction of sp³-hybridized carbons (Fsp3) is 0.818. The number of carboxylic acids is 1. The van der Waals surface area contributed by atoms with Gasteiger partial charge >= 0.3 is 12.0 Å². The standard InChI is InChI=1S/C11H21N3O5S/c1-14-5-3-8(7-14)12-11(17)13-9(10(15)16)4-6-20(2,18)19/h8-9H,3-7H2,1-2H3,(H,15,16)(H2,12,13,17). The number of aliphatic carboxylic acids is 1. The molecule has 1 fully saturated rings. The van der Waals surface area contributed by atoms with Gasteiger partial charge < -0.3 is 20.6 Å². The van der Waals surface area contributed by atoms with Crippen LogP contribution in [0.4, 0.5) is 4.79 Å². The Morgan fingerprint density at radius 3 is 2.55 bits per heavy atom. The summed E-state index contributed by atoms with van der Waals surface area (Å²) in [4.78, 5) is 24.7. The Morgan fingerprint density at radius 2 is 2.10 bits per heavy atom. The van der Waals surface area contributed by atoms with Crippen molar-refractivity contribution in [1.82, 2.24) is 15.5 Å². The van der Waals surface area contributed by atoms with Crippen LogP contribution in [-0.2, 0) is 14.6 Å². The summed E-state index contributed by atoms with van der Waals surface area (Å²) < 4.78 is 22.1. The van der Waals surface area contributed by atoms with Crippen LogP contribution in [0.3, 0.4) is 0 Å². The van der Waals surface area contributed by atoms with Gasteiger partial charge in [0.25, 0.3) is 0 Å². The third kappa shape index (κ3) is 6.20. The number of nitrogens with zero attached hydrogens (tertiary/aromatic N) is 1. The van der Waals surface area contributed by atoms with Crippen molar-refractivity contribution in [2.75, 3.05) is 32.1 Å². The van der Waals surface area contributed by atoms with E-state index in [1.807, 2.05) is 7.05 Å². The van der Waals surface area contributed by atoms with Crippen LogP contribution < -0.4 is 10.6 Å². The first-order valence-electron chi connectivity index (χ1n) is 6.33. The van der Waals surface area contributed by atoms with E-state index in [2.05, 4.69) is 15.5 Å². The smallest absolute Gasteiger partial charge is 0.326 e. The van der Waals surface area contributed by atoms with Gasteiger partial charge in [-0.15, -0.1) is 0 Å². The van der Waals surface area contributed by atoms with Crippen molar-refractivity contribution >= 4 is 21.8 Å². The average Bonchev–Trinajstić information content (AvgIpc) is 2.68. The maximum absolute atomic E-state index is 11.7. The van der Waals surface area contributed by atoms with Gasteiger partial charge in [0.05, 0.1) is 5.75 Å². The number of likely N-dealkylation sites (N-methyl/N-ethyl adjacent to an activating group) is 1. The Morgan fingerprint density at radius 1 is 1.45 bits per heavy atom. The van der Waals surface area contributed by atoms with Crippen molar-refractivity contribution < 1.29 is 23.1 Å². The van der Waals surface area contributed by atoms with E-state index in [-0.39, 0.29) is 18.2 Å². The van der Waals surface area contributed by atoms with Crippen molar-refractivity contribution in [3.63, 3.8) is 0 Å². The minimum atomic E-state index is -3.26. The van der Waals surface area contributed by atoms with Crippen LogP contribution in [0.5, 0.6) is 0 Å². The molecule has 0 bridgehead atoms. The largest absolute Gasteiger partial charge is 0.480 e. The van der Waals surface area contributed by atoms with Crippen molar-refractivity contribution in [3.8, 4) is 0 Å². The molecule has 9 heteroatoms. The van der Waals surface area contributed by atoms with Gasteiger partial charge in [-0.25, -0.2) is 18.0 Å². The van der Waals surface area contributed by atoms with Crippen LogP contribution in [0.25, 0.3) is 0 Å². The number of sulfone groups is 1. The molecule has 1 aliphatic heterocycles. The molecule has 0 aromatic rings. The van der Waals surface area contributed by atoms with Gasteiger partial charge in [-0.2, -0.15) is 0 Å². The number of urea groups is 1. The number of hydrogen-bond donors (Lipinski definition) is 3. The molecule has 0 aromatic heterocycles. The molecule has 0 aromatic carbocycles. The van der Waals surface area contributed by atoms with Crippen molar-refractivity contribution in [2.45, 2.75) is 24.9 Å². The first kappa shape index (κ1) is 16.7. The molecular weight excluding hydrogens is 286 g/mol. The van der Waals surface area contributed by atoms with Gasteiger partial charge in [0.15, 0.2) is 0 Å². The minimum Gasteiger partial charge on any atom is -0.480 e. The highest BCUT2D eigenvalue weighted by atomic mass is 32.2. The summed E-state index contributed by atoms with van der Waals surface area (Å²) >= 11 is 0. The molecule has 2 atom stereocenters. The number of hydrogen-bond acceptors (Lipinski definition) is 5. The number of rotatable bonds is 6. The molecule has 1 saturated heterocycles. The molecule has 0 spiro atoms. The van der Waals surface area contributed by atoms with Gasteiger partial charge in [0.2, 0.25) is 0 Å². The van der Waals surface area contributed by atoms with Gasteiger partial charge in [0.1, 0.15) is 15.9 Å². The highest BCUT2D eigenvalue weighted by molar-refractivity contribution is 7.90. The predicted molar refractivity (Wildman–Crippen MR) is 73.3 cm³/mol. The molecule has 20 heavy (non-hydrogen) atoms. The molecule has 0 saturated carbocycles. The maximum Gasteiger partial charge on any atom is 0.326 e. The van der Waals surface area contributed by atoms with E-state index in [1.165, 1.54) is 0 Å². The summed E-state index contributed by atoms with van der Waals surface area (Å²) in [7, 11) is -1.32. The van der Waals surface area contributed by atoms with Crippen LogP contribution in [-0.4, -0.2) is 74.7 Å². The summed E-state index contributed by atoms with van der Waals surface area (Å²) in [5.74, 6) is -1.52. The summed E-state index contributed by atoms with van der Waals surface area (Å²) in [5.41, 5.74) is 0. The third-order valence-corrected chi connectivity index (χ3v) is 4.08. The lowest BCUT2D eigenvalue weighted by molar-refractivity contribution is -0.139. The topological polar surface area (TPSA) is 116 Å². The van der Waals surface area contributed by atoms with Crippen LogP contribution >= 0.6 is 0 Å². The molecule has 2 unspecified atom stereocenters. The van der Waals surface area contributed by atoms with Gasteiger partial charge in [-0.1, -0.05) is 0 Å². The first-order chi connectivity index (χ1) is 9.17. The number of carbonyl (C=O) groups excluding carboxylic acids is 1. The van der Waals surface area contributed by atoms with Crippen molar-refractivity contribution in [2.24, 2.45) is 0 Å². The fourth-order valence-electron chi connectivity index (χ4n) is 2.03. The summed E-state index contributed by atoms with van der Waals surface area (Å²) in [6, 6.07) is -1.79. The van der Waals surface area contributed by atoms with E-state index >= 15 is 0 Å². The number of likely N-dealkylation sites (tertiary alicyclic amines) is 1. The molecular formula is C11H21N3O5S. The minimum absolute atomic E-state index is 0.00986. The Bertz CT molecular complexity index is 465. The Balaban J connectivity index is 2.44. The second kappa shape index (κ2) is 6.89. The van der Waals surface area contributed by atoms with E-state index in [0.29, 0.717) is 6.54 Å². The lowest BCUT2D eigenvalue weighted by Crippen LogP contribution is -2.50. The van der Waals surface area contributed by atoms with Gasteiger partial charge in [-0.3, -0.25) is 0 Å². The summed E-state index contributed by atoms with van der Waals surface area (Å²) in [6.07, 6.45) is 1.69. The quantitative estimate of drug-likeness (QED) is 0.572. The van der Waals surface area contributed by atoms with E-state index in [9.17, 15) is 18.0 Å². The summed E-state index contributed by atoms with van der Waals surface area (Å²) in [5, 5.41) is 14.0. The van der Waals surface area contributed by atoms with Crippen LogP contribution in [0.2, 0.25) is 0 Å². The first-order valence-corrected chi connectivity index (χ1v) is 8.39. The van der Waals surface area contributed by atoms with Crippen LogP contribution in [0, 0.1) is 0 Å². The Hall–Kier alpha value is -1.35. The molecule has 2 amide bonds. The molecule has 8 nitrogen and oxygen atoms in total. The van der Waals surface area contributed by atoms with E-state index in [0.717, 1.165) is 19.2 Å². The second-order valence-electron chi connectivity index (χ2n) is 5.18. The zero-order chi connectivity index (χ0) is 15.3. The lowest BCUT2D eigenvalue weighted by Gasteiger charge is -2.17. The van der Waals surface area contributed by atoms with Crippen LogP contribution in [0.1, 0.15) is 12.8 Å². The van der Waals surface area contributed by atoms with Crippen LogP contribution in [0.15, 0.2) is 0 Å². The second-order valence-corrected chi connectivity index (χ2v) is 7.43. The number of nitrogens with one attached hydrogen (secondary N) is 2. The number of carboxylic acid groups (broad SMARTS) is 1. The zero-order valence-electron chi connectivity index (χ0n) is 11.6. The van der Waals surface area contributed by atoms with Gasteiger partial charge in [-0.05, 0) is 26.4 Å². The maximum atomic E-state index is 11.7. The molecule has 0 aliphatic carbocycles. The number of amides is 2. The molecule has 3 N–H and O–H groups in total. The molecule has 1 heterocycles. The SMILES string of the molecule is CN1CCC(NC(=O)NC(CCS(C)(=O)=O)C(=O)O)C1. The Labute approximate surface area is 118 Å². The van der Waals surface area contributed by atoms with Crippen molar-refractivity contribution in [1.29, 1.82) is 0 Å². The highest BCUT2D eigenvalue weighted by Gasteiger charge is 2.25. The highest BCUT2D eigenvalue weighted by Crippen LogP contribution is 2.06. The molecule has 1 rings (SSSR count). The van der Waals surface area contributed by atoms with E-state index in [4.69, 9.17) is 5.11 Å². The van der Waals surface area contributed by atoms with E-state index in [1.54, 1.807) is 0 Å².